The summed E-state index contributed by atoms with van der Waals surface area (Å²) in [5.41, 5.74) is 1.68. The van der Waals surface area contributed by atoms with E-state index in [-0.39, 0.29) is 5.97 Å². The van der Waals surface area contributed by atoms with Gasteiger partial charge in [-0.1, -0.05) is 36.9 Å². The number of unbranched alkanes of at least 4 members (excludes halogenated alkanes) is 3. The molecule has 0 aromatic heterocycles. The number of hydrogen-bond acceptors (Lipinski definition) is 7. The fourth-order valence-electron chi connectivity index (χ4n) is 3.34. The Morgan fingerprint density at radius 3 is 1.95 bits per heavy atom. The van der Waals surface area contributed by atoms with E-state index < -0.39 is 11.9 Å². The molecule has 7 heteroatoms. The third-order valence-electron chi connectivity index (χ3n) is 5.44. The quantitative estimate of drug-likeness (QED) is 0.101. The lowest BCUT2D eigenvalue weighted by Crippen LogP contribution is -2.08. The lowest BCUT2D eigenvalue weighted by atomic mass is 10.2. The minimum Gasteiger partial charge on any atom is -0.494 e. The molecule has 0 radical (unpaired) electrons. The first-order valence-electron chi connectivity index (χ1n) is 12.7. The predicted molar refractivity (Wildman–Crippen MR) is 149 cm³/mol. The topological polar surface area (TPSA) is 88.1 Å². The molecule has 0 atom stereocenters. The van der Waals surface area contributed by atoms with Gasteiger partial charge in [0.25, 0.3) is 0 Å². The van der Waals surface area contributed by atoms with Gasteiger partial charge >= 0.3 is 17.9 Å². The van der Waals surface area contributed by atoms with Crippen molar-refractivity contribution in [2.24, 2.45) is 0 Å². The molecule has 0 unspecified atom stereocenters. The number of hydrogen-bond donors (Lipinski definition) is 0. The van der Waals surface area contributed by atoms with E-state index in [1.807, 2.05) is 30.3 Å². The van der Waals surface area contributed by atoms with E-state index in [1.54, 1.807) is 61.5 Å². The van der Waals surface area contributed by atoms with Crippen molar-refractivity contribution in [1.82, 2.24) is 0 Å². The van der Waals surface area contributed by atoms with E-state index in [0.29, 0.717) is 41.6 Å². The number of esters is 3. The van der Waals surface area contributed by atoms with Gasteiger partial charge < -0.3 is 18.9 Å². The normalized spacial score (nSPS) is 10.6. The van der Waals surface area contributed by atoms with Gasteiger partial charge in [0, 0.05) is 11.6 Å². The summed E-state index contributed by atoms with van der Waals surface area (Å²) >= 11 is 0. The Kier molecular flexibility index (Phi) is 11.5. The highest BCUT2D eigenvalue weighted by Gasteiger charge is 2.10. The SMILES string of the molecule is C=C(C)C(=O)OCCCCCCOc1ccc(C(=O)Oc2ccc(OC(=O)/C=C/c3ccccc3)cc2)cc1. The van der Waals surface area contributed by atoms with Gasteiger partial charge in [-0.25, -0.2) is 14.4 Å². The molecule has 0 saturated heterocycles. The molecule has 7 nitrogen and oxygen atoms in total. The van der Waals surface area contributed by atoms with Crippen LogP contribution in [0.5, 0.6) is 17.2 Å². The van der Waals surface area contributed by atoms with Crippen LogP contribution in [0.1, 0.15) is 48.5 Å². The molecule has 0 saturated carbocycles. The smallest absolute Gasteiger partial charge is 0.343 e. The Morgan fingerprint density at radius 2 is 1.31 bits per heavy atom. The molecule has 0 fully saturated rings. The van der Waals surface area contributed by atoms with Crippen LogP contribution in [-0.2, 0) is 14.3 Å². The zero-order valence-electron chi connectivity index (χ0n) is 22.0. The van der Waals surface area contributed by atoms with Crippen molar-refractivity contribution < 1.29 is 33.3 Å². The minimum absolute atomic E-state index is 0.328. The van der Waals surface area contributed by atoms with Gasteiger partial charge in [-0.05, 0) is 92.8 Å². The van der Waals surface area contributed by atoms with Gasteiger partial charge in [0.05, 0.1) is 18.8 Å². The fraction of sp³-hybridized carbons (Fsp3) is 0.219. The molecular weight excluding hydrogens is 496 g/mol. The van der Waals surface area contributed by atoms with Crippen molar-refractivity contribution >= 4 is 24.0 Å². The highest BCUT2D eigenvalue weighted by molar-refractivity contribution is 5.91. The third kappa shape index (κ3) is 10.7. The molecule has 39 heavy (non-hydrogen) atoms. The Balaban J connectivity index is 1.35. The van der Waals surface area contributed by atoms with Crippen LogP contribution in [0.4, 0.5) is 0 Å². The van der Waals surface area contributed by atoms with Crippen molar-refractivity contribution in [3.8, 4) is 17.2 Å². The Bertz CT molecular complexity index is 1260. The van der Waals surface area contributed by atoms with E-state index >= 15 is 0 Å². The fourth-order valence-corrected chi connectivity index (χ4v) is 3.34. The zero-order chi connectivity index (χ0) is 27.9. The van der Waals surface area contributed by atoms with Gasteiger partial charge in [-0.3, -0.25) is 0 Å². The van der Waals surface area contributed by atoms with Crippen LogP contribution in [-0.4, -0.2) is 31.1 Å². The van der Waals surface area contributed by atoms with Crippen LogP contribution in [0.3, 0.4) is 0 Å². The van der Waals surface area contributed by atoms with Gasteiger partial charge in [-0.2, -0.15) is 0 Å². The number of ether oxygens (including phenoxy) is 4. The number of benzene rings is 3. The van der Waals surface area contributed by atoms with Gasteiger partial charge in [0.2, 0.25) is 0 Å². The number of carbonyl (C=O) groups excluding carboxylic acids is 3. The highest BCUT2D eigenvalue weighted by atomic mass is 16.5. The monoisotopic (exact) mass is 528 g/mol. The van der Waals surface area contributed by atoms with Gasteiger partial charge in [0.15, 0.2) is 0 Å². The Morgan fingerprint density at radius 1 is 0.718 bits per heavy atom. The largest absolute Gasteiger partial charge is 0.494 e. The van der Waals surface area contributed by atoms with Crippen molar-refractivity contribution in [3.63, 3.8) is 0 Å². The first kappa shape index (κ1) is 28.9. The van der Waals surface area contributed by atoms with Crippen LogP contribution in [0, 0.1) is 0 Å². The molecule has 202 valence electrons. The molecule has 3 aromatic carbocycles. The maximum Gasteiger partial charge on any atom is 0.343 e. The molecule has 0 heterocycles. The second-order valence-electron chi connectivity index (χ2n) is 8.73. The van der Waals surface area contributed by atoms with Crippen LogP contribution in [0.2, 0.25) is 0 Å². The van der Waals surface area contributed by atoms with Crippen LogP contribution in [0.25, 0.3) is 6.08 Å². The van der Waals surface area contributed by atoms with Gasteiger partial charge in [0.1, 0.15) is 17.2 Å². The molecule has 0 amide bonds. The number of rotatable bonds is 14. The summed E-state index contributed by atoms with van der Waals surface area (Å²) in [4.78, 5) is 35.8. The molecule has 0 aliphatic rings. The lowest BCUT2D eigenvalue weighted by molar-refractivity contribution is -0.139. The first-order valence-corrected chi connectivity index (χ1v) is 12.7. The van der Waals surface area contributed by atoms with Crippen LogP contribution >= 0.6 is 0 Å². The molecule has 3 aromatic rings. The average molecular weight is 529 g/mol. The molecule has 3 rings (SSSR count). The summed E-state index contributed by atoms with van der Waals surface area (Å²) in [6.07, 6.45) is 6.58. The lowest BCUT2D eigenvalue weighted by Gasteiger charge is -2.08. The van der Waals surface area contributed by atoms with E-state index in [2.05, 4.69) is 6.58 Å². The minimum atomic E-state index is -0.510. The van der Waals surface area contributed by atoms with E-state index in [4.69, 9.17) is 18.9 Å². The molecule has 0 aliphatic carbocycles. The zero-order valence-corrected chi connectivity index (χ0v) is 22.0. The van der Waals surface area contributed by atoms with Crippen LogP contribution in [0.15, 0.2) is 97.1 Å². The first-order chi connectivity index (χ1) is 18.9. The van der Waals surface area contributed by atoms with Crippen LogP contribution < -0.4 is 14.2 Å². The van der Waals surface area contributed by atoms with E-state index in [9.17, 15) is 14.4 Å². The molecule has 0 N–H and O–H groups in total. The highest BCUT2D eigenvalue weighted by Crippen LogP contribution is 2.20. The average Bonchev–Trinajstić information content (AvgIpc) is 2.95. The van der Waals surface area contributed by atoms with Crippen molar-refractivity contribution in [2.75, 3.05) is 13.2 Å². The standard InChI is InChI=1S/C32H32O7/c1-24(2)31(34)37-23-9-4-3-8-22-36-27-15-13-26(14-16-27)32(35)39-29-19-17-28(18-20-29)38-30(33)21-12-25-10-6-5-7-11-25/h5-7,10-21H,1,3-4,8-9,22-23H2,2H3/b21-12+. The predicted octanol–water partition coefficient (Wildman–Crippen LogP) is 6.58. The Hall–Kier alpha value is -4.65. The summed E-state index contributed by atoms with van der Waals surface area (Å²) in [6.45, 7) is 6.12. The maximum absolute atomic E-state index is 12.5. The second kappa shape index (κ2) is 15.6. The molecule has 0 bridgehead atoms. The summed E-state index contributed by atoms with van der Waals surface area (Å²) < 4.78 is 21.5. The summed E-state index contributed by atoms with van der Waals surface area (Å²) in [5.74, 6) is -0.0413. The van der Waals surface area contributed by atoms with Gasteiger partial charge in [-0.15, -0.1) is 0 Å². The molecule has 0 spiro atoms. The van der Waals surface area contributed by atoms with E-state index in [1.165, 1.54) is 6.08 Å². The molecule has 0 aliphatic heterocycles. The van der Waals surface area contributed by atoms with Crippen molar-refractivity contribution in [1.29, 1.82) is 0 Å². The van der Waals surface area contributed by atoms with E-state index in [0.717, 1.165) is 31.2 Å². The summed E-state index contributed by atoms with van der Waals surface area (Å²) in [5, 5.41) is 0. The number of carbonyl (C=O) groups is 3. The summed E-state index contributed by atoms with van der Waals surface area (Å²) in [7, 11) is 0. The summed E-state index contributed by atoms with van der Waals surface area (Å²) in [6, 6.07) is 22.4. The maximum atomic E-state index is 12.5. The van der Waals surface area contributed by atoms with Crippen molar-refractivity contribution in [2.45, 2.75) is 32.6 Å². The van der Waals surface area contributed by atoms with Crippen molar-refractivity contribution in [3.05, 3.63) is 108 Å². The second-order valence-corrected chi connectivity index (χ2v) is 8.73. The Labute approximate surface area is 228 Å². The molecular formula is C32H32O7. The third-order valence-corrected chi connectivity index (χ3v) is 5.44.